The lowest BCUT2D eigenvalue weighted by Gasteiger charge is -2.14. The molecule has 0 aliphatic heterocycles. The van der Waals surface area contributed by atoms with Gasteiger partial charge in [-0.2, -0.15) is 17.5 Å². The molecule has 0 N–H and O–H groups in total. The van der Waals surface area contributed by atoms with Crippen LogP contribution < -0.4 is 16.0 Å². The summed E-state index contributed by atoms with van der Waals surface area (Å²) in [5.74, 6) is 0.598. The van der Waals surface area contributed by atoms with Gasteiger partial charge in [0, 0.05) is 27.6 Å². The lowest BCUT2D eigenvalue weighted by atomic mass is 10.1. The van der Waals surface area contributed by atoms with Crippen molar-refractivity contribution in [3.8, 4) is 22.7 Å². The van der Waals surface area contributed by atoms with Gasteiger partial charge in [-0.3, -0.25) is 9.36 Å². The fourth-order valence-corrected chi connectivity index (χ4v) is 4.52. The third kappa shape index (κ3) is 3.76. The van der Waals surface area contributed by atoms with Crippen molar-refractivity contribution in [2.24, 2.45) is 7.05 Å². The Morgan fingerprint density at radius 1 is 1.10 bits per heavy atom. The largest absolute Gasteiger partial charge is 0.496 e. The van der Waals surface area contributed by atoms with Crippen LogP contribution in [0.5, 0.6) is 5.75 Å². The number of aromatic nitrogens is 3. The molecule has 0 unspecified atom stereocenters. The average molecular weight is 559 g/mol. The predicted octanol–water partition coefficient (Wildman–Crippen LogP) is 4.44. The number of benzene rings is 2. The van der Waals surface area contributed by atoms with Gasteiger partial charge in [-0.15, -0.1) is 0 Å². The molecule has 0 aliphatic rings. The quantitative estimate of drug-likeness (QED) is 0.349. The minimum Gasteiger partial charge on any atom is -0.496 e. The SMILES string of the molecule is COc1ccc(I)cc1-c1nsc2ccc(-n3c(=O)cc(C(F)(F)F)n(C)c3=O)cc12. The zero-order chi connectivity index (χ0) is 22.5. The highest BCUT2D eigenvalue weighted by atomic mass is 127. The Morgan fingerprint density at radius 2 is 1.84 bits per heavy atom. The van der Waals surface area contributed by atoms with Gasteiger partial charge in [-0.25, -0.2) is 9.36 Å². The number of ether oxygens (including phenoxy) is 1. The van der Waals surface area contributed by atoms with E-state index in [1.165, 1.54) is 24.7 Å². The number of hydrogen-bond donors (Lipinski definition) is 0. The Hall–Kier alpha value is -2.67. The Kier molecular flexibility index (Phi) is 5.41. The molecular weight excluding hydrogens is 546 g/mol. The molecule has 0 bridgehead atoms. The molecule has 0 radical (unpaired) electrons. The predicted molar refractivity (Wildman–Crippen MR) is 120 cm³/mol. The first kappa shape index (κ1) is 21.6. The molecule has 0 saturated carbocycles. The Morgan fingerprint density at radius 3 is 2.52 bits per heavy atom. The van der Waals surface area contributed by atoms with Crippen molar-refractivity contribution < 1.29 is 17.9 Å². The zero-order valence-electron chi connectivity index (χ0n) is 16.0. The van der Waals surface area contributed by atoms with E-state index in [4.69, 9.17) is 4.74 Å². The van der Waals surface area contributed by atoms with Gasteiger partial charge in [0.15, 0.2) is 0 Å². The van der Waals surface area contributed by atoms with E-state index in [-0.39, 0.29) is 5.69 Å². The maximum absolute atomic E-state index is 13.1. The van der Waals surface area contributed by atoms with E-state index >= 15 is 0 Å². The van der Waals surface area contributed by atoms with Crippen molar-refractivity contribution in [3.63, 3.8) is 0 Å². The fourth-order valence-electron chi connectivity index (χ4n) is 3.26. The third-order valence-corrected chi connectivity index (χ3v) is 6.24. The molecule has 4 aromatic rings. The van der Waals surface area contributed by atoms with E-state index in [9.17, 15) is 22.8 Å². The first-order valence-electron chi connectivity index (χ1n) is 8.76. The normalized spacial score (nSPS) is 11.8. The van der Waals surface area contributed by atoms with Crippen LogP contribution in [0.4, 0.5) is 13.2 Å². The van der Waals surface area contributed by atoms with E-state index in [0.717, 1.165) is 20.9 Å². The van der Waals surface area contributed by atoms with Crippen LogP contribution in [0.25, 0.3) is 27.0 Å². The van der Waals surface area contributed by atoms with Crippen LogP contribution in [0.3, 0.4) is 0 Å². The van der Waals surface area contributed by atoms with Crippen LogP contribution in [0.1, 0.15) is 5.69 Å². The molecule has 160 valence electrons. The van der Waals surface area contributed by atoms with Crippen LogP contribution in [0.15, 0.2) is 52.1 Å². The first-order chi connectivity index (χ1) is 14.6. The van der Waals surface area contributed by atoms with Crippen LogP contribution in [0.2, 0.25) is 0 Å². The monoisotopic (exact) mass is 559 g/mol. The summed E-state index contributed by atoms with van der Waals surface area (Å²) in [5, 5.41) is 0.650. The van der Waals surface area contributed by atoms with Gasteiger partial charge in [-0.1, -0.05) is 0 Å². The summed E-state index contributed by atoms with van der Waals surface area (Å²) in [4.78, 5) is 25.1. The Labute approximate surface area is 190 Å². The lowest BCUT2D eigenvalue weighted by Crippen LogP contribution is -2.40. The van der Waals surface area contributed by atoms with Crippen LogP contribution in [-0.4, -0.2) is 20.6 Å². The second-order valence-corrected chi connectivity index (χ2v) is 8.65. The summed E-state index contributed by atoms with van der Waals surface area (Å²) >= 11 is 3.39. The van der Waals surface area contributed by atoms with E-state index in [0.29, 0.717) is 32.0 Å². The summed E-state index contributed by atoms with van der Waals surface area (Å²) in [6.07, 6.45) is -4.82. The minimum atomic E-state index is -4.82. The van der Waals surface area contributed by atoms with Gasteiger partial charge in [0.25, 0.3) is 5.56 Å². The van der Waals surface area contributed by atoms with E-state index in [2.05, 4.69) is 27.0 Å². The number of rotatable bonds is 3. The molecule has 0 amide bonds. The second-order valence-electron chi connectivity index (χ2n) is 6.60. The van der Waals surface area contributed by atoms with Crippen LogP contribution in [0, 0.1) is 3.57 Å². The zero-order valence-corrected chi connectivity index (χ0v) is 19.0. The Bertz CT molecular complexity index is 1440. The lowest BCUT2D eigenvalue weighted by molar-refractivity contribution is -0.144. The molecule has 0 fully saturated rings. The van der Waals surface area contributed by atoms with Crippen molar-refractivity contribution in [1.82, 2.24) is 13.5 Å². The van der Waals surface area contributed by atoms with Crippen molar-refractivity contribution in [3.05, 3.63) is 72.6 Å². The van der Waals surface area contributed by atoms with Crippen molar-refractivity contribution in [2.45, 2.75) is 6.18 Å². The van der Waals surface area contributed by atoms with Crippen LogP contribution in [-0.2, 0) is 13.2 Å². The number of halogens is 4. The van der Waals surface area contributed by atoms with E-state index in [1.54, 1.807) is 12.1 Å². The number of methoxy groups -OCH3 is 1. The molecule has 0 spiro atoms. The number of fused-ring (bicyclic) bond motifs is 1. The number of alkyl halides is 3. The topological polar surface area (TPSA) is 66.1 Å². The summed E-state index contributed by atoms with van der Waals surface area (Å²) < 4.78 is 52.2. The summed E-state index contributed by atoms with van der Waals surface area (Å²) in [6.45, 7) is 0. The minimum absolute atomic E-state index is 0.151. The standard InChI is InChI=1S/C20H13F3IN3O3S/c1-26-16(20(21,22)23)9-17(28)27(19(26)29)11-4-6-15-13(8-11)18(25-31-15)12-7-10(24)3-5-14(12)30-2/h3-9H,1-2H3. The van der Waals surface area contributed by atoms with Crippen molar-refractivity contribution in [2.75, 3.05) is 7.11 Å². The third-order valence-electron chi connectivity index (χ3n) is 4.74. The summed E-state index contributed by atoms with van der Waals surface area (Å²) in [5.41, 5.74) is -1.99. The Balaban J connectivity index is 1.96. The molecule has 0 saturated heterocycles. The summed E-state index contributed by atoms with van der Waals surface area (Å²) in [7, 11) is 2.52. The molecule has 4 rings (SSSR count). The molecule has 6 nitrogen and oxygen atoms in total. The number of hydrogen-bond acceptors (Lipinski definition) is 5. The van der Waals surface area contributed by atoms with E-state index < -0.39 is 23.1 Å². The average Bonchev–Trinajstić information content (AvgIpc) is 3.13. The maximum atomic E-state index is 13.1. The van der Waals surface area contributed by atoms with Gasteiger partial charge < -0.3 is 4.74 Å². The van der Waals surface area contributed by atoms with Gasteiger partial charge in [0.05, 0.1) is 23.2 Å². The smallest absolute Gasteiger partial charge is 0.431 e. The molecule has 2 aromatic carbocycles. The van der Waals surface area contributed by atoms with Gasteiger partial charge in [-0.05, 0) is 70.5 Å². The van der Waals surface area contributed by atoms with Gasteiger partial charge in [0.1, 0.15) is 11.4 Å². The van der Waals surface area contributed by atoms with E-state index in [1.807, 2.05) is 18.2 Å². The molecule has 31 heavy (non-hydrogen) atoms. The highest BCUT2D eigenvalue weighted by Crippen LogP contribution is 2.37. The molecule has 2 heterocycles. The molecule has 2 aromatic heterocycles. The highest BCUT2D eigenvalue weighted by Gasteiger charge is 2.35. The van der Waals surface area contributed by atoms with Gasteiger partial charge in [0.2, 0.25) is 0 Å². The number of nitrogens with zero attached hydrogens (tertiary/aromatic N) is 3. The first-order valence-corrected chi connectivity index (χ1v) is 10.6. The fraction of sp³-hybridized carbons (Fsp3) is 0.150. The molecule has 0 atom stereocenters. The summed E-state index contributed by atoms with van der Waals surface area (Å²) in [6, 6.07) is 10.8. The van der Waals surface area contributed by atoms with Crippen LogP contribution >= 0.6 is 34.1 Å². The molecule has 11 heteroatoms. The second kappa shape index (κ2) is 7.79. The van der Waals surface area contributed by atoms with Crippen molar-refractivity contribution in [1.29, 1.82) is 0 Å². The maximum Gasteiger partial charge on any atom is 0.431 e. The van der Waals surface area contributed by atoms with Crippen molar-refractivity contribution >= 4 is 44.2 Å². The molecular formula is C20H13F3IN3O3S. The van der Waals surface area contributed by atoms with Gasteiger partial charge >= 0.3 is 11.9 Å². The molecule has 0 aliphatic carbocycles. The highest BCUT2D eigenvalue weighted by molar-refractivity contribution is 14.1.